The molecule has 0 saturated carbocycles. The van der Waals surface area contributed by atoms with Crippen molar-refractivity contribution in [2.75, 3.05) is 38.2 Å². The van der Waals surface area contributed by atoms with E-state index in [-0.39, 0.29) is 11.8 Å². The molecule has 1 aliphatic heterocycles. The molecule has 0 aliphatic carbocycles. The third-order valence-corrected chi connectivity index (χ3v) is 5.48. The summed E-state index contributed by atoms with van der Waals surface area (Å²) in [4.78, 5) is 21.7. The Hall–Kier alpha value is -3.42. The van der Waals surface area contributed by atoms with Crippen molar-refractivity contribution in [2.45, 2.75) is 26.7 Å². The Bertz CT molecular complexity index is 1070. The SMILES string of the molecule is COc1ccc(C(=O)N2CCN(c3ncccc3-c3nnc(C(C)C)o3)CC2)c(C)c1. The molecule has 4 rings (SSSR count). The smallest absolute Gasteiger partial charge is 0.254 e. The van der Waals surface area contributed by atoms with Crippen molar-refractivity contribution in [1.29, 1.82) is 0 Å². The molecule has 1 aromatic carbocycles. The molecule has 162 valence electrons. The summed E-state index contributed by atoms with van der Waals surface area (Å²) in [6.07, 6.45) is 1.76. The van der Waals surface area contributed by atoms with Gasteiger partial charge in [0.15, 0.2) is 0 Å². The first-order valence-corrected chi connectivity index (χ1v) is 10.5. The third-order valence-electron chi connectivity index (χ3n) is 5.48. The number of rotatable bonds is 5. The van der Waals surface area contributed by atoms with E-state index in [0.29, 0.717) is 43.5 Å². The Morgan fingerprint density at radius 1 is 1.13 bits per heavy atom. The summed E-state index contributed by atoms with van der Waals surface area (Å²) in [5.41, 5.74) is 2.43. The molecule has 2 aromatic heterocycles. The van der Waals surface area contributed by atoms with Gasteiger partial charge in [-0.2, -0.15) is 0 Å². The number of carbonyl (C=O) groups is 1. The van der Waals surface area contributed by atoms with E-state index in [1.165, 1.54) is 0 Å². The first kappa shape index (κ1) is 20.8. The summed E-state index contributed by atoms with van der Waals surface area (Å²) in [7, 11) is 1.62. The molecule has 0 bridgehead atoms. The van der Waals surface area contributed by atoms with Crippen molar-refractivity contribution < 1.29 is 13.9 Å². The predicted octanol–water partition coefficient (Wildman–Crippen LogP) is 3.53. The van der Waals surface area contributed by atoms with E-state index in [1.807, 2.05) is 56.0 Å². The topological polar surface area (TPSA) is 84.6 Å². The van der Waals surface area contributed by atoms with Crippen LogP contribution >= 0.6 is 0 Å². The van der Waals surface area contributed by atoms with Crippen LogP contribution in [0.3, 0.4) is 0 Å². The number of methoxy groups -OCH3 is 1. The van der Waals surface area contributed by atoms with Gasteiger partial charge in [-0.25, -0.2) is 4.98 Å². The third kappa shape index (κ3) is 4.23. The molecule has 8 heteroatoms. The molecule has 0 atom stereocenters. The minimum Gasteiger partial charge on any atom is -0.497 e. The van der Waals surface area contributed by atoms with Gasteiger partial charge in [-0.1, -0.05) is 13.8 Å². The van der Waals surface area contributed by atoms with E-state index < -0.39 is 0 Å². The Balaban J connectivity index is 1.49. The Kier molecular flexibility index (Phi) is 5.88. The second-order valence-corrected chi connectivity index (χ2v) is 7.93. The zero-order valence-electron chi connectivity index (χ0n) is 18.3. The highest BCUT2D eigenvalue weighted by atomic mass is 16.5. The van der Waals surface area contributed by atoms with Crippen molar-refractivity contribution in [2.24, 2.45) is 0 Å². The minimum atomic E-state index is 0.0412. The van der Waals surface area contributed by atoms with E-state index in [9.17, 15) is 4.79 Å². The molecule has 8 nitrogen and oxygen atoms in total. The van der Waals surface area contributed by atoms with Crippen LogP contribution in [-0.4, -0.2) is 59.3 Å². The maximum absolute atomic E-state index is 13.0. The molecular formula is C23H27N5O3. The van der Waals surface area contributed by atoms with E-state index >= 15 is 0 Å². The van der Waals surface area contributed by atoms with Gasteiger partial charge >= 0.3 is 0 Å². The van der Waals surface area contributed by atoms with Crippen molar-refractivity contribution in [3.8, 4) is 17.2 Å². The molecule has 1 amide bonds. The van der Waals surface area contributed by atoms with E-state index in [1.54, 1.807) is 13.3 Å². The number of aromatic nitrogens is 3. The molecule has 1 saturated heterocycles. The van der Waals surface area contributed by atoms with Crippen LogP contribution in [0.2, 0.25) is 0 Å². The molecule has 1 aliphatic rings. The normalized spacial score (nSPS) is 14.2. The largest absolute Gasteiger partial charge is 0.497 e. The van der Waals surface area contributed by atoms with Crippen LogP contribution in [0.5, 0.6) is 5.75 Å². The molecule has 0 N–H and O–H groups in total. The molecule has 31 heavy (non-hydrogen) atoms. The number of piperazine rings is 1. The van der Waals surface area contributed by atoms with Gasteiger partial charge in [0.2, 0.25) is 5.89 Å². The zero-order chi connectivity index (χ0) is 22.0. The summed E-state index contributed by atoms with van der Waals surface area (Å²) < 4.78 is 11.1. The number of aryl methyl sites for hydroxylation is 1. The zero-order valence-corrected chi connectivity index (χ0v) is 18.3. The minimum absolute atomic E-state index is 0.0412. The van der Waals surface area contributed by atoms with E-state index in [4.69, 9.17) is 9.15 Å². The van der Waals surface area contributed by atoms with Gasteiger partial charge in [-0.3, -0.25) is 4.79 Å². The summed E-state index contributed by atoms with van der Waals surface area (Å²) in [6, 6.07) is 9.36. The number of nitrogens with zero attached hydrogens (tertiary/aromatic N) is 5. The van der Waals surface area contributed by atoms with Crippen molar-refractivity contribution in [3.05, 3.63) is 53.5 Å². The summed E-state index contributed by atoms with van der Waals surface area (Å²) in [5.74, 6) is 2.84. The molecule has 0 spiro atoms. The lowest BCUT2D eigenvalue weighted by atomic mass is 10.1. The molecule has 0 unspecified atom stereocenters. The maximum atomic E-state index is 13.0. The molecular weight excluding hydrogens is 394 g/mol. The second kappa shape index (κ2) is 8.75. The maximum Gasteiger partial charge on any atom is 0.254 e. The Labute approximate surface area is 181 Å². The van der Waals surface area contributed by atoms with Gasteiger partial charge in [0.05, 0.1) is 12.7 Å². The van der Waals surface area contributed by atoms with Crippen LogP contribution in [0.4, 0.5) is 5.82 Å². The van der Waals surface area contributed by atoms with Crippen LogP contribution in [0, 0.1) is 6.92 Å². The molecule has 3 heterocycles. The highest BCUT2D eigenvalue weighted by Crippen LogP contribution is 2.30. The molecule has 3 aromatic rings. The van der Waals surface area contributed by atoms with Gasteiger partial charge in [0, 0.05) is 43.9 Å². The average Bonchev–Trinajstić information content (AvgIpc) is 3.29. The number of anilines is 1. The summed E-state index contributed by atoms with van der Waals surface area (Å²) in [6.45, 7) is 8.54. The van der Waals surface area contributed by atoms with Crippen LogP contribution < -0.4 is 9.64 Å². The monoisotopic (exact) mass is 421 g/mol. The van der Waals surface area contributed by atoms with Gasteiger partial charge in [-0.15, -0.1) is 10.2 Å². The number of pyridine rings is 1. The van der Waals surface area contributed by atoms with Gasteiger partial charge in [0.25, 0.3) is 11.8 Å². The lowest BCUT2D eigenvalue weighted by Gasteiger charge is -2.36. The van der Waals surface area contributed by atoms with Crippen molar-refractivity contribution in [3.63, 3.8) is 0 Å². The van der Waals surface area contributed by atoms with Gasteiger partial charge in [-0.05, 0) is 42.8 Å². The van der Waals surface area contributed by atoms with Crippen molar-refractivity contribution >= 4 is 11.7 Å². The van der Waals surface area contributed by atoms with Gasteiger partial charge < -0.3 is 19.0 Å². The number of amides is 1. The number of hydrogen-bond acceptors (Lipinski definition) is 7. The lowest BCUT2D eigenvalue weighted by Crippen LogP contribution is -2.49. The molecule has 0 radical (unpaired) electrons. The first-order chi connectivity index (χ1) is 15.0. The standard InChI is InChI=1S/C23H27N5O3/c1-15(2)21-25-26-22(31-21)19-6-5-9-24-20(19)27-10-12-28(13-11-27)23(29)18-8-7-17(30-4)14-16(18)3/h5-9,14-15H,10-13H2,1-4H3. The molecule has 1 fully saturated rings. The van der Waals surface area contributed by atoms with E-state index in [2.05, 4.69) is 20.1 Å². The quantitative estimate of drug-likeness (QED) is 0.623. The number of ether oxygens (including phenoxy) is 1. The average molecular weight is 422 g/mol. The van der Waals surface area contributed by atoms with Crippen LogP contribution in [0.15, 0.2) is 40.9 Å². The number of hydrogen-bond donors (Lipinski definition) is 0. The van der Waals surface area contributed by atoms with Gasteiger partial charge in [0.1, 0.15) is 11.6 Å². The highest BCUT2D eigenvalue weighted by Gasteiger charge is 2.26. The summed E-state index contributed by atoms with van der Waals surface area (Å²) >= 11 is 0. The lowest BCUT2D eigenvalue weighted by molar-refractivity contribution is 0.0746. The van der Waals surface area contributed by atoms with Crippen LogP contribution in [-0.2, 0) is 0 Å². The highest BCUT2D eigenvalue weighted by molar-refractivity contribution is 5.96. The fraction of sp³-hybridized carbons (Fsp3) is 0.391. The van der Waals surface area contributed by atoms with Crippen molar-refractivity contribution in [1.82, 2.24) is 20.1 Å². The summed E-state index contributed by atoms with van der Waals surface area (Å²) in [5, 5.41) is 8.35. The fourth-order valence-electron chi connectivity index (χ4n) is 3.69. The Morgan fingerprint density at radius 3 is 2.55 bits per heavy atom. The first-order valence-electron chi connectivity index (χ1n) is 10.5. The Morgan fingerprint density at radius 2 is 1.90 bits per heavy atom. The van der Waals surface area contributed by atoms with Crippen LogP contribution in [0.25, 0.3) is 11.5 Å². The fourth-order valence-corrected chi connectivity index (χ4v) is 3.69. The van der Waals surface area contributed by atoms with E-state index in [0.717, 1.165) is 22.7 Å². The number of carbonyl (C=O) groups excluding carboxylic acids is 1. The predicted molar refractivity (Wildman–Crippen MR) is 117 cm³/mol. The number of benzene rings is 1. The second-order valence-electron chi connectivity index (χ2n) is 7.93. The van der Waals surface area contributed by atoms with Crippen LogP contribution in [0.1, 0.15) is 41.6 Å².